The van der Waals surface area contributed by atoms with Crippen LogP contribution in [-0.2, 0) is 14.4 Å². The molecule has 150 valence electrons. The minimum absolute atomic E-state index is 0.0581. The monoisotopic (exact) mass is 403 g/mol. The summed E-state index contributed by atoms with van der Waals surface area (Å²) in [6.07, 6.45) is 1.13. The van der Waals surface area contributed by atoms with Crippen molar-refractivity contribution in [3.8, 4) is 0 Å². The zero-order valence-electron chi connectivity index (χ0n) is 16.1. The van der Waals surface area contributed by atoms with Crippen molar-refractivity contribution in [3.63, 3.8) is 0 Å². The van der Waals surface area contributed by atoms with Gasteiger partial charge in [-0.2, -0.15) is 0 Å². The van der Waals surface area contributed by atoms with E-state index in [2.05, 4.69) is 19.2 Å². The molecular weight excluding hydrogens is 378 g/mol. The normalized spacial score (nSPS) is 20.8. The number of hydrogen-bond donors (Lipinski definition) is 1. The highest BCUT2D eigenvalue weighted by Gasteiger charge is 2.36. The van der Waals surface area contributed by atoms with Crippen LogP contribution in [-0.4, -0.2) is 53.2 Å². The fraction of sp³-hybridized carbons (Fsp3) is 0.500. The number of nitrogens with zero attached hydrogens (tertiary/aromatic N) is 2. The zero-order valence-corrected chi connectivity index (χ0v) is 17.0. The number of nitrogens with one attached hydrogen (secondary N) is 1. The van der Waals surface area contributed by atoms with Crippen LogP contribution in [0.25, 0.3) is 0 Å². The molecule has 8 heteroatoms. The van der Waals surface area contributed by atoms with Gasteiger partial charge in [-0.1, -0.05) is 43.8 Å². The Morgan fingerprint density at radius 1 is 1.25 bits per heavy atom. The Morgan fingerprint density at radius 2 is 2.00 bits per heavy atom. The number of anilines is 1. The molecule has 4 amide bonds. The molecule has 7 nitrogen and oxygen atoms in total. The van der Waals surface area contributed by atoms with Crippen LogP contribution in [0.5, 0.6) is 0 Å². The van der Waals surface area contributed by atoms with Gasteiger partial charge in [-0.3, -0.25) is 24.1 Å². The van der Waals surface area contributed by atoms with Crippen LogP contribution in [0, 0.1) is 5.92 Å². The van der Waals surface area contributed by atoms with Crippen LogP contribution in [0.3, 0.4) is 0 Å². The number of rotatable bonds is 7. The Balaban J connectivity index is 1.59. The molecule has 3 rings (SSSR count). The molecule has 1 aromatic rings. The predicted octanol–water partition coefficient (Wildman–Crippen LogP) is 2.36. The van der Waals surface area contributed by atoms with E-state index in [1.807, 2.05) is 24.3 Å². The fourth-order valence-electron chi connectivity index (χ4n) is 3.52. The number of benzene rings is 1. The van der Waals surface area contributed by atoms with Crippen molar-refractivity contribution >= 4 is 40.4 Å². The summed E-state index contributed by atoms with van der Waals surface area (Å²) in [7, 11) is 0. The van der Waals surface area contributed by atoms with Gasteiger partial charge in [0.2, 0.25) is 17.7 Å². The second-order valence-corrected chi connectivity index (χ2v) is 8.09. The SMILES string of the molecule is CCC(C)c1ccccc1N1CC(C(=O)NCCN2C(=O)CSC2=O)CC1=O. The first-order valence-corrected chi connectivity index (χ1v) is 10.5. The summed E-state index contributed by atoms with van der Waals surface area (Å²) >= 11 is 0.975. The molecule has 1 aromatic carbocycles. The van der Waals surface area contributed by atoms with E-state index < -0.39 is 5.92 Å². The summed E-state index contributed by atoms with van der Waals surface area (Å²) in [5, 5.41) is 2.49. The molecule has 0 aromatic heterocycles. The molecule has 2 aliphatic heterocycles. The molecule has 2 saturated heterocycles. The van der Waals surface area contributed by atoms with Crippen LogP contribution in [0.4, 0.5) is 10.5 Å². The third-order valence-electron chi connectivity index (χ3n) is 5.34. The van der Waals surface area contributed by atoms with Crippen LogP contribution < -0.4 is 10.2 Å². The number of hydrogen-bond acceptors (Lipinski definition) is 5. The summed E-state index contributed by atoms with van der Waals surface area (Å²) in [4.78, 5) is 51.1. The van der Waals surface area contributed by atoms with Crippen LogP contribution >= 0.6 is 11.8 Å². The second kappa shape index (κ2) is 8.77. The van der Waals surface area contributed by atoms with Gasteiger partial charge in [0, 0.05) is 31.7 Å². The van der Waals surface area contributed by atoms with E-state index in [0.717, 1.165) is 34.3 Å². The summed E-state index contributed by atoms with van der Waals surface area (Å²) in [6, 6.07) is 7.84. The highest BCUT2D eigenvalue weighted by atomic mass is 32.2. The van der Waals surface area contributed by atoms with E-state index in [4.69, 9.17) is 0 Å². The maximum absolute atomic E-state index is 12.6. The number of para-hydroxylation sites is 1. The van der Waals surface area contributed by atoms with Gasteiger partial charge in [0.1, 0.15) is 0 Å². The molecule has 0 aliphatic carbocycles. The number of thioether (sulfide) groups is 1. The van der Waals surface area contributed by atoms with Gasteiger partial charge in [0.15, 0.2) is 0 Å². The van der Waals surface area contributed by atoms with E-state index in [-0.39, 0.29) is 48.2 Å². The van der Waals surface area contributed by atoms with Gasteiger partial charge in [-0.05, 0) is 24.0 Å². The zero-order chi connectivity index (χ0) is 20.3. The lowest BCUT2D eigenvalue weighted by Gasteiger charge is -2.23. The minimum Gasteiger partial charge on any atom is -0.354 e. The molecule has 2 aliphatic rings. The van der Waals surface area contributed by atoms with Gasteiger partial charge in [0.05, 0.1) is 11.7 Å². The van der Waals surface area contributed by atoms with Gasteiger partial charge in [-0.15, -0.1) is 0 Å². The van der Waals surface area contributed by atoms with E-state index in [1.54, 1.807) is 4.90 Å². The van der Waals surface area contributed by atoms with E-state index in [1.165, 1.54) is 0 Å². The summed E-state index contributed by atoms with van der Waals surface area (Å²) in [5.74, 6) is -0.454. The second-order valence-electron chi connectivity index (χ2n) is 7.16. The molecule has 28 heavy (non-hydrogen) atoms. The van der Waals surface area contributed by atoms with Crippen molar-refractivity contribution in [2.24, 2.45) is 5.92 Å². The molecule has 0 bridgehead atoms. The van der Waals surface area contributed by atoms with Crippen molar-refractivity contribution < 1.29 is 19.2 Å². The molecule has 1 N–H and O–H groups in total. The largest absolute Gasteiger partial charge is 0.354 e. The van der Waals surface area contributed by atoms with Crippen LogP contribution in [0.2, 0.25) is 0 Å². The Morgan fingerprint density at radius 3 is 2.68 bits per heavy atom. The number of carbonyl (C=O) groups is 4. The first-order chi connectivity index (χ1) is 13.4. The van der Waals surface area contributed by atoms with E-state index in [0.29, 0.717) is 12.5 Å². The smallest absolute Gasteiger partial charge is 0.288 e. The molecule has 2 atom stereocenters. The Kier molecular flexibility index (Phi) is 6.39. The Hall–Kier alpha value is -2.35. The first-order valence-electron chi connectivity index (χ1n) is 9.56. The Labute approximate surface area is 168 Å². The third-order valence-corrected chi connectivity index (χ3v) is 6.20. The van der Waals surface area contributed by atoms with E-state index in [9.17, 15) is 19.2 Å². The van der Waals surface area contributed by atoms with Crippen molar-refractivity contribution in [1.29, 1.82) is 0 Å². The molecule has 2 unspecified atom stereocenters. The van der Waals surface area contributed by atoms with Crippen molar-refractivity contribution in [2.75, 3.05) is 30.3 Å². The van der Waals surface area contributed by atoms with Crippen LogP contribution in [0.15, 0.2) is 24.3 Å². The molecule has 0 saturated carbocycles. The molecule has 0 radical (unpaired) electrons. The fourth-order valence-corrected chi connectivity index (χ4v) is 4.27. The van der Waals surface area contributed by atoms with Gasteiger partial charge in [-0.25, -0.2) is 0 Å². The van der Waals surface area contributed by atoms with Crippen molar-refractivity contribution in [2.45, 2.75) is 32.6 Å². The maximum atomic E-state index is 12.6. The number of imide groups is 1. The highest BCUT2D eigenvalue weighted by molar-refractivity contribution is 8.14. The average Bonchev–Trinajstić information content (AvgIpc) is 3.24. The topological polar surface area (TPSA) is 86.8 Å². The standard InChI is InChI=1S/C20H25N3O4S/c1-3-13(2)15-6-4-5-7-16(15)23-11-14(10-17(23)24)19(26)21-8-9-22-18(25)12-28-20(22)27/h4-7,13-14H,3,8-12H2,1-2H3,(H,21,26). The maximum Gasteiger partial charge on any atom is 0.288 e. The summed E-state index contributed by atoms with van der Waals surface area (Å²) in [5.41, 5.74) is 1.99. The summed E-state index contributed by atoms with van der Waals surface area (Å²) < 4.78 is 0. The number of carbonyl (C=O) groups excluding carboxylic acids is 4. The van der Waals surface area contributed by atoms with Crippen molar-refractivity contribution in [1.82, 2.24) is 10.2 Å². The molecular formula is C20H25N3O4S. The van der Waals surface area contributed by atoms with Crippen LogP contribution in [0.1, 0.15) is 38.2 Å². The van der Waals surface area contributed by atoms with Gasteiger partial charge in [0.25, 0.3) is 5.24 Å². The van der Waals surface area contributed by atoms with E-state index >= 15 is 0 Å². The lowest BCUT2D eigenvalue weighted by Crippen LogP contribution is -2.40. The average molecular weight is 404 g/mol. The van der Waals surface area contributed by atoms with Gasteiger partial charge >= 0.3 is 0 Å². The minimum atomic E-state index is -0.433. The summed E-state index contributed by atoms with van der Waals surface area (Å²) in [6.45, 7) is 4.94. The van der Waals surface area contributed by atoms with Gasteiger partial charge < -0.3 is 10.2 Å². The lowest BCUT2D eigenvalue weighted by atomic mass is 9.96. The number of amides is 4. The molecule has 2 heterocycles. The quantitative estimate of drug-likeness (QED) is 0.755. The lowest BCUT2D eigenvalue weighted by molar-refractivity contribution is -0.127. The molecule has 2 fully saturated rings. The highest BCUT2D eigenvalue weighted by Crippen LogP contribution is 2.33. The third kappa shape index (κ3) is 4.22. The Bertz CT molecular complexity index is 781. The molecule has 0 spiro atoms. The van der Waals surface area contributed by atoms with Crippen molar-refractivity contribution in [3.05, 3.63) is 29.8 Å². The first kappa shape index (κ1) is 20.4. The predicted molar refractivity (Wildman–Crippen MR) is 108 cm³/mol.